The molecule has 0 spiro atoms. The molecule has 1 aliphatic heterocycles. The lowest BCUT2D eigenvalue weighted by molar-refractivity contribution is 0.313. The zero-order valence-corrected chi connectivity index (χ0v) is 10.9. The Balaban J connectivity index is 2.10. The van der Waals surface area contributed by atoms with Crippen molar-refractivity contribution in [3.05, 3.63) is 29.8 Å². The van der Waals surface area contributed by atoms with Crippen LogP contribution in [0.2, 0.25) is 0 Å². The molecular weight excluding hydrogens is 210 g/mol. The summed E-state index contributed by atoms with van der Waals surface area (Å²) >= 11 is 0. The second-order valence-corrected chi connectivity index (χ2v) is 5.02. The molecule has 0 bridgehead atoms. The van der Waals surface area contributed by atoms with Crippen molar-refractivity contribution in [1.82, 2.24) is 4.90 Å². The van der Waals surface area contributed by atoms with Crippen molar-refractivity contribution in [2.24, 2.45) is 5.73 Å². The Labute approximate surface area is 104 Å². The lowest BCUT2D eigenvalue weighted by Crippen LogP contribution is -2.44. The second kappa shape index (κ2) is 5.52. The third-order valence-corrected chi connectivity index (χ3v) is 3.66. The Kier molecular flexibility index (Phi) is 4.02. The van der Waals surface area contributed by atoms with Crippen LogP contribution in [-0.2, 0) is 0 Å². The Bertz CT molecular complexity index is 356. The zero-order valence-electron chi connectivity index (χ0n) is 10.9. The van der Waals surface area contributed by atoms with Gasteiger partial charge in [0.1, 0.15) is 0 Å². The summed E-state index contributed by atoms with van der Waals surface area (Å²) in [5, 5.41) is 0. The van der Waals surface area contributed by atoms with E-state index in [-0.39, 0.29) is 0 Å². The maximum atomic E-state index is 5.73. The maximum absolute atomic E-state index is 5.73. The van der Waals surface area contributed by atoms with Crippen molar-refractivity contribution >= 4 is 5.69 Å². The van der Waals surface area contributed by atoms with Gasteiger partial charge in [0, 0.05) is 31.9 Å². The summed E-state index contributed by atoms with van der Waals surface area (Å²) in [6.07, 6.45) is 0. The standard InChI is InChI=1S/C14H23N3/c1-12(11-15)13-4-3-5-14(10-13)17-8-6-16(2)7-9-17/h3-5,10,12H,6-9,11,15H2,1-2H3. The number of anilines is 1. The summed E-state index contributed by atoms with van der Waals surface area (Å²) in [6.45, 7) is 7.44. The molecule has 2 N–H and O–H groups in total. The quantitative estimate of drug-likeness (QED) is 0.859. The van der Waals surface area contributed by atoms with E-state index in [0.29, 0.717) is 12.5 Å². The molecule has 0 amide bonds. The van der Waals surface area contributed by atoms with Gasteiger partial charge in [-0.05, 0) is 37.2 Å². The minimum atomic E-state index is 0.447. The molecule has 1 unspecified atom stereocenters. The first-order valence-corrected chi connectivity index (χ1v) is 6.44. The average Bonchev–Trinajstić information content (AvgIpc) is 2.39. The molecule has 17 heavy (non-hydrogen) atoms. The number of nitrogens with two attached hydrogens (primary N) is 1. The van der Waals surface area contributed by atoms with Crippen LogP contribution in [0.4, 0.5) is 5.69 Å². The smallest absolute Gasteiger partial charge is 0.0369 e. The summed E-state index contributed by atoms with van der Waals surface area (Å²) in [6, 6.07) is 8.83. The molecule has 0 radical (unpaired) electrons. The van der Waals surface area contributed by atoms with E-state index >= 15 is 0 Å². The van der Waals surface area contributed by atoms with Gasteiger partial charge in [0.05, 0.1) is 0 Å². The molecule has 1 atom stereocenters. The highest BCUT2D eigenvalue weighted by Gasteiger charge is 2.14. The minimum absolute atomic E-state index is 0.447. The summed E-state index contributed by atoms with van der Waals surface area (Å²) < 4.78 is 0. The van der Waals surface area contributed by atoms with Gasteiger partial charge < -0.3 is 15.5 Å². The van der Waals surface area contributed by atoms with E-state index in [1.165, 1.54) is 11.3 Å². The molecule has 2 rings (SSSR count). The summed E-state index contributed by atoms with van der Waals surface area (Å²) in [5.41, 5.74) is 8.42. The first kappa shape index (κ1) is 12.4. The third-order valence-electron chi connectivity index (χ3n) is 3.66. The van der Waals surface area contributed by atoms with Crippen molar-refractivity contribution in [2.45, 2.75) is 12.8 Å². The lowest BCUT2D eigenvalue weighted by atomic mass is 10.0. The first-order chi connectivity index (χ1) is 8.20. The van der Waals surface area contributed by atoms with Gasteiger partial charge in [-0.2, -0.15) is 0 Å². The number of rotatable bonds is 3. The van der Waals surface area contributed by atoms with Crippen LogP contribution in [0.25, 0.3) is 0 Å². The monoisotopic (exact) mass is 233 g/mol. The van der Waals surface area contributed by atoms with Crippen molar-refractivity contribution in [3.8, 4) is 0 Å². The highest BCUT2D eigenvalue weighted by atomic mass is 15.2. The van der Waals surface area contributed by atoms with E-state index in [9.17, 15) is 0 Å². The van der Waals surface area contributed by atoms with Crippen LogP contribution in [0.3, 0.4) is 0 Å². The molecule has 3 nitrogen and oxygen atoms in total. The highest BCUT2D eigenvalue weighted by Crippen LogP contribution is 2.22. The zero-order chi connectivity index (χ0) is 12.3. The summed E-state index contributed by atoms with van der Waals surface area (Å²) in [7, 11) is 2.18. The Morgan fingerprint density at radius 2 is 1.94 bits per heavy atom. The normalized spacial score (nSPS) is 19.4. The van der Waals surface area contributed by atoms with Gasteiger partial charge in [0.25, 0.3) is 0 Å². The molecule has 1 aromatic carbocycles. The Morgan fingerprint density at radius 1 is 1.24 bits per heavy atom. The predicted molar refractivity (Wildman–Crippen MR) is 73.6 cm³/mol. The number of hydrogen-bond acceptors (Lipinski definition) is 3. The lowest BCUT2D eigenvalue weighted by Gasteiger charge is -2.34. The molecule has 1 aromatic rings. The van der Waals surface area contributed by atoms with Crippen LogP contribution < -0.4 is 10.6 Å². The number of benzene rings is 1. The number of nitrogens with zero attached hydrogens (tertiary/aromatic N) is 2. The van der Waals surface area contributed by atoms with E-state index in [2.05, 4.69) is 48.0 Å². The first-order valence-electron chi connectivity index (χ1n) is 6.44. The van der Waals surface area contributed by atoms with Crippen LogP contribution in [-0.4, -0.2) is 44.7 Å². The SMILES string of the molecule is CC(CN)c1cccc(N2CCN(C)CC2)c1. The van der Waals surface area contributed by atoms with Crippen LogP contribution in [0.1, 0.15) is 18.4 Å². The second-order valence-electron chi connectivity index (χ2n) is 5.02. The summed E-state index contributed by atoms with van der Waals surface area (Å²) in [5.74, 6) is 0.447. The van der Waals surface area contributed by atoms with Gasteiger partial charge in [-0.15, -0.1) is 0 Å². The minimum Gasteiger partial charge on any atom is -0.369 e. The Hall–Kier alpha value is -1.06. The van der Waals surface area contributed by atoms with Gasteiger partial charge in [-0.3, -0.25) is 0 Å². The van der Waals surface area contributed by atoms with Gasteiger partial charge in [-0.25, -0.2) is 0 Å². The Morgan fingerprint density at radius 3 is 2.59 bits per heavy atom. The molecule has 94 valence electrons. The highest BCUT2D eigenvalue weighted by molar-refractivity contribution is 5.49. The number of piperazine rings is 1. The van der Waals surface area contributed by atoms with Crippen LogP contribution >= 0.6 is 0 Å². The molecular formula is C14H23N3. The summed E-state index contributed by atoms with van der Waals surface area (Å²) in [4.78, 5) is 4.84. The van der Waals surface area contributed by atoms with Gasteiger partial charge in [0.15, 0.2) is 0 Å². The molecule has 0 saturated carbocycles. The maximum Gasteiger partial charge on any atom is 0.0369 e. The van der Waals surface area contributed by atoms with Crippen molar-refractivity contribution < 1.29 is 0 Å². The fraction of sp³-hybridized carbons (Fsp3) is 0.571. The van der Waals surface area contributed by atoms with E-state index in [0.717, 1.165) is 26.2 Å². The van der Waals surface area contributed by atoms with Crippen molar-refractivity contribution in [2.75, 3.05) is 44.7 Å². The molecule has 1 fully saturated rings. The van der Waals surface area contributed by atoms with E-state index in [4.69, 9.17) is 5.73 Å². The predicted octanol–water partition coefficient (Wildman–Crippen LogP) is 1.50. The topological polar surface area (TPSA) is 32.5 Å². The molecule has 0 aliphatic carbocycles. The molecule has 1 heterocycles. The third kappa shape index (κ3) is 2.99. The van der Waals surface area contributed by atoms with Gasteiger partial charge >= 0.3 is 0 Å². The fourth-order valence-electron chi connectivity index (χ4n) is 2.23. The van der Waals surface area contributed by atoms with E-state index < -0.39 is 0 Å². The largest absolute Gasteiger partial charge is 0.369 e. The van der Waals surface area contributed by atoms with E-state index in [1.54, 1.807) is 0 Å². The fourth-order valence-corrected chi connectivity index (χ4v) is 2.23. The number of likely N-dealkylation sites (N-methyl/N-ethyl adjacent to an activating group) is 1. The van der Waals surface area contributed by atoms with E-state index in [1.807, 2.05) is 0 Å². The molecule has 3 heteroatoms. The van der Waals surface area contributed by atoms with Gasteiger partial charge in [-0.1, -0.05) is 19.1 Å². The van der Waals surface area contributed by atoms with Crippen LogP contribution in [0.5, 0.6) is 0 Å². The number of hydrogen-bond donors (Lipinski definition) is 1. The van der Waals surface area contributed by atoms with Crippen molar-refractivity contribution in [3.63, 3.8) is 0 Å². The van der Waals surface area contributed by atoms with Crippen LogP contribution in [0, 0.1) is 0 Å². The molecule has 1 aliphatic rings. The molecule has 1 saturated heterocycles. The average molecular weight is 233 g/mol. The van der Waals surface area contributed by atoms with Crippen LogP contribution in [0.15, 0.2) is 24.3 Å². The molecule has 0 aromatic heterocycles. The van der Waals surface area contributed by atoms with Crippen molar-refractivity contribution in [1.29, 1.82) is 0 Å². The van der Waals surface area contributed by atoms with Gasteiger partial charge in [0.2, 0.25) is 0 Å².